The van der Waals surface area contributed by atoms with Crippen LogP contribution in [0.5, 0.6) is 23.0 Å². The van der Waals surface area contributed by atoms with Crippen LogP contribution in [0.25, 0.3) is 0 Å². The molecule has 0 aliphatic rings. The van der Waals surface area contributed by atoms with Crippen molar-refractivity contribution < 1.29 is 27.8 Å². The topological polar surface area (TPSA) is 38.7 Å². The third-order valence-electron chi connectivity index (χ3n) is 3.15. The van der Waals surface area contributed by atoms with Gasteiger partial charge in [-0.15, -0.1) is 0 Å². The first kappa shape index (κ1) is 19.2. The Balaban J connectivity index is 0.000000552. The Kier molecular flexibility index (Phi) is 7.36. The summed E-state index contributed by atoms with van der Waals surface area (Å²) in [7, 11) is 0. The average Bonchev–Trinajstić information content (AvgIpc) is 2.63. The summed E-state index contributed by atoms with van der Waals surface area (Å²) in [6.07, 6.45) is 0. The molecule has 0 heterocycles. The van der Waals surface area contributed by atoms with Gasteiger partial charge in [0.1, 0.15) is 18.1 Å². The minimum absolute atomic E-state index is 0.109. The monoisotopic (exact) mass is 362 g/mol. The van der Waals surface area contributed by atoms with E-state index < -0.39 is 6.68 Å². The number of hydrogen-bond acceptors (Lipinski definition) is 3. The smallest absolute Gasteiger partial charge is 0.379 e. The summed E-state index contributed by atoms with van der Waals surface area (Å²) < 4.78 is 40.4. The Morgan fingerprint density at radius 3 is 2.08 bits per heavy atom. The summed E-state index contributed by atoms with van der Waals surface area (Å²) in [6.45, 7) is -3.17. The second-order valence-corrected chi connectivity index (χ2v) is 5.07. The minimum Gasteiger partial charge on any atom is -0.504 e. The summed E-state index contributed by atoms with van der Waals surface area (Å²) in [5, 5.41) is 9.74. The molecule has 136 valence electrons. The third kappa shape index (κ3) is 6.76. The fourth-order valence-electron chi connectivity index (χ4n) is 2.04. The maximum atomic E-state index is 9.74. The summed E-state index contributed by atoms with van der Waals surface area (Å²) in [5.41, 5.74) is 1.11. The van der Waals surface area contributed by atoms with Gasteiger partial charge in [0.05, 0.1) is 0 Å². The van der Waals surface area contributed by atoms with Gasteiger partial charge in [-0.25, -0.2) is 0 Å². The van der Waals surface area contributed by atoms with Gasteiger partial charge in [-0.1, -0.05) is 48.5 Å². The number of benzene rings is 3. The molecule has 0 saturated carbocycles. The van der Waals surface area contributed by atoms with Crippen molar-refractivity contribution in [2.24, 2.45) is 0 Å². The van der Waals surface area contributed by atoms with Crippen LogP contribution < -0.4 is 9.47 Å². The molecule has 3 aromatic carbocycles. The van der Waals surface area contributed by atoms with Crippen LogP contribution in [0.15, 0.2) is 78.9 Å². The van der Waals surface area contributed by atoms with Gasteiger partial charge in [0.2, 0.25) is 0 Å². The largest absolute Gasteiger partial charge is 0.504 e. The van der Waals surface area contributed by atoms with E-state index >= 15 is 0 Å². The summed E-state index contributed by atoms with van der Waals surface area (Å²) >= 11 is 0. The molecular formula is C20H17F3O3. The zero-order valence-electron chi connectivity index (χ0n) is 13.7. The number of phenols is 1. The van der Waals surface area contributed by atoms with Crippen molar-refractivity contribution in [2.45, 2.75) is 13.3 Å². The number of para-hydroxylation sites is 2. The van der Waals surface area contributed by atoms with Crippen molar-refractivity contribution in [3.05, 3.63) is 84.4 Å². The predicted octanol–water partition coefficient (Wildman–Crippen LogP) is 5.94. The van der Waals surface area contributed by atoms with Gasteiger partial charge in [-0.3, -0.25) is 0 Å². The van der Waals surface area contributed by atoms with E-state index in [9.17, 15) is 18.3 Å². The predicted molar refractivity (Wildman–Crippen MR) is 92.5 cm³/mol. The van der Waals surface area contributed by atoms with E-state index in [4.69, 9.17) is 9.47 Å². The molecule has 0 bridgehead atoms. The molecule has 0 fully saturated rings. The average molecular weight is 362 g/mol. The lowest BCUT2D eigenvalue weighted by Crippen LogP contribution is -1.95. The number of phenolic OH excluding ortho intramolecular Hbond substituents is 1. The molecule has 3 nitrogen and oxygen atoms in total. The number of halogens is 3. The van der Waals surface area contributed by atoms with Crippen LogP contribution in [-0.2, 0) is 6.61 Å². The Morgan fingerprint density at radius 2 is 1.38 bits per heavy atom. The van der Waals surface area contributed by atoms with Crippen LogP contribution in [0.2, 0.25) is 0 Å². The quantitative estimate of drug-likeness (QED) is 0.610. The number of ether oxygens (including phenoxy) is 2. The molecule has 1 N–H and O–H groups in total. The fourth-order valence-corrected chi connectivity index (χ4v) is 2.04. The molecule has 0 aliphatic carbocycles. The van der Waals surface area contributed by atoms with Crippen molar-refractivity contribution >= 4 is 0 Å². The number of rotatable bonds is 5. The zero-order valence-corrected chi connectivity index (χ0v) is 13.7. The molecule has 3 rings (SSSR count). The number of aromatic hydroxyl groups is 1. The third-order valence-corrected chi connectivity index (χ3v) is 3.15. The second kappa shape index (κ2) is 9.98. The number of hydrogen-bond donors (Lipinski definition) is 1. The van der Waals surface area contributed by atoms with Crippen molar-refractivity contribution in [1.29, 1.82) is 0 Å². The van der Waals surface area contributed by atoms with E-state index in [0.717, 1.165) is 11.3 Å². The fraction of sp³-hybridized carbons (Fsp3) is 0.100. The molecule has 26 heavy (non-hydrogen) atoms. The van der Waals surface area contributed by atoms with Gasteiger partial charge in [0.15, 0.2) is 11.5 Å². The highest BCUT2D eigenvalue weighted by molar-refractivity contribution is 5.43. The lowest BCUT2D eigenvalue weighted by atomic mass is 10.2. The van der Waals surface area contributed by atoms with E-state index in [1.165, 1.54) is 0 Å². The van der Waals surface area contributed by atoms with Gasteiger partial charge < -0.3 is 14.6 Å². The van der Waals surface area contributed by atoms with Crippen LogP contribution in [0.4, 0.5) is 13.2 Å². The molecule has 0 aromatic heterocycles. The molecule has 3 aromatic rings. The standard InChI is InChI=1S/C19H16O3.CHF3/c20-18-11-4-5-12-19(18)22-17-10-6-9-16(13-17)21-14-15-7-2-1-3-8-15;2-1(3)4/h1-13,20H,14H2;1H. The Morgan fingerprint density at radius 1 is 0.769 bits per heavy atom. The van der Waals surface area contributed by atoms with Gasteiger partial charge in [0.25, 0.3) is 0 Å². The Bertz CT molecular complexity index is 792. The van der Waals surface area contributed by atoms with E-state index in [-0.39, 0.29) is 5.75 Å². The molecule has 0 saturated heterocycles. The summed E-state index contributed by atoms with van der Waals surface area (Å²) in [5.74, 6) is 1.87. The normalized spacial score (nSPS) is 10.0. The highest BCUT2D eigenvalue weighted by Gasteiger charge is 2.04. The molecule has 0 amide bonds. The Labute approximate surface area is 149 Å². The van der Waals surface area contributed by atoms with Crippen LogP contribution in [0.1, 0.15) is 5.56 Å². The molecule has 6 heteroatoms. The second-order valence-electron chi connectivity index (χ2n) is 5.07. The molecule has 0 radical (unpaired) electrons. The van der Waals surface area contributed by atoms with Crippen molar-refractivity contribution in [1.82, 2.24) is 0 Å². The van der Waals surface area contributed by atoms with E-state index in [1.54, 1.807) is 24.3 Å². The number of alkyl halides is 3. The zero-order chi connectivity index (χ0) is 18.8. The van der Waals surface area contributed by atoms with Gasteiger partial charge >= 0.3 is 6.68 Å². The molecule has 0 aliphatic heterocycles. The first-order chi connectivity index (χ1) is 12.5. The maximum absolute atomic E-state index is 9.74. The van der Waals surface area contributed by atoms with Crippen molar-refractivity contribution in [2.75, 3.05) is 0 Å². The summed E-state index contributed by atoms with van der Waals surface area (Å²) in [6, 6.07) is 24.2. The van der Waals surface area contributed by atoms with Gasteiger partial charge in [-0.2, -0.15) is 13.2 Å². The first-order valence-electron chi connectivity index (χ1n) is 7.69. The highest BCUT2D eigenvalue weighted by atomic mass is 19.4. The Hall–Kier alpha value is -3.15. The van der Waals surface area contributed by atoms with E-state index in [1.807, 2.05) is 54.6 Å². The first-order valence-corrected chi connectivity index (χ1v) is 7.69. The maximum Gasteiger partial charge on any atom is 0.379 e. The molecule has 0 atom stereocenters. The van der Waals surface area contributed by atoms with Gasteiger partial charge in [-0.05, 0) is 29.8 Å². The van der Waals surface area contributed by atoms with Crippen LogP contribution in [-0.4, -0.2) is 11.8 Å². The van der Waals surface area contributed by atoms with E-state index in [2.05, 4.69) is 0 Å². The minimum atomic E-state index is -3.67. The van der Waals surface area contributed by atoms with Crippen LogP contribution in [0, 0.1) is 0 Å². The highest BCUT2D eigenvalue weighted by Crippen LogP contribution is 2.31. The van der Waals surface area contributed by atoms with Crippen molar-refractivity contribution in [3.8, 4) is 23.0 Å². The van der Waals surface area contributed by atoms with Crippen LogP contribution in [0.3, 0.4) is 0 Å². The van der Waals surface area contributed by atoms with Gasteiger partial charge in [0, 0.05) is 6.07 Å². The van der Waals surface area contributed by atoms with Crippen LogP contribution >= 0.6 is 0 Å². The summed E-state index contributed by atoms with van der Waals surface area (Å²) in [4.78, 5) is 0. The molecule has 0 unspecified atom stereocenters. The lowest BCUT2D eigenvalue weighted by molar-refractivity contribution is 0.00819. The lowest BCUT2D eigenvalue weighted by Gasteiger charge is -2.10. The molecular weight excluding hydrogens is 345 g/mol. The van der Waals surface area contributed by atoms with Crippen molar-refractivity contribution in [3.63, 3.8) is 0 Å². The SMILES string of the molecule is FC(F)F.Oc1ccccc1Oc1cccc(OCc2ccccc2)c1. The molecule has 0 spiro atoms. The van der Waals surface area contributed by atoms with E-state index in [0.29, 0.717) is 18.1 Å².